The molecule has 174 valence electrons. The summed E-state index contributed by atoms with van der Waals surface area (Å²) in [5, 5.41) is 15.3. The van der Waals surface area contributed by atoms with Crippen LogP contribution in [0.4, 0.5) is 5.69 Å². The van der Waals surface area contributed by atoms with Crippen LogP contribution in [-0.2, 0) is 11.4 Å². The van der Waals surface area contributed by atoms with Crippen LogP contribution in [0.25, 0.3) is 0 Å². The van der Waals surface area contributed by atoms with Gasteiger partial charge in [0.2, 0.25) is 0 Å². The fourth-order valence-corrected chi connectivity index (χ4v) is 3.72. The van der Waals surface area contributed by atoms with Crippen molar-refractivity contribution in [1.82, 2.24) is 16.3 Å². The van der Waals surface area contributed by atoms with Crippen molar-refractivity contribution < 1.29 is 14.5 Å². The molecule has 0 aliphatic carbocycles. The second-order valence-corrected chi connectivity index (χ2v) is 8.04. The number of halogens is 1. The first-order valence-corrected chi connectivity index (χ1v) is 10.9. The number of hydrogen-bond acceptors (Lipinski definition) is 7. The van der Waals surface area contributed by atoms with Gasteiger partial charge in [-0.1, -0.05) is 48.0 Å². The first-order chi connectivity index (χ1) is 16.5. The van der Waals surface area contributed by atoms with Gasteiger partial charge in [0.15, 0.2) is 0 Å². The number of rotatable bonds is 8. The number of carbonyl (C=O) groups excluding carboxylic acids is 1. The number of non-ortho nitro benzene ring substituents is 1. The Kier molecular flexibility index (Phi) is 7.48. The van der Waals surface area contributed by atoms with E-state index >= 15 is 0 Å². The van der Waals surface area contributed by atoms with Crippen molar-refractivity contribution in [3.05, 3.63) is 105 Å². The van der Waals surface area contributed by atoms with Crippen LogP contribution >= 0.6 is 11.6 Å². The lowest BCUT2D eigenvalue weighted by Crippen LogP contribution is -2.41. The summed E-state index contributed by atoms with van der Waals surface area (Å²) in [6.45, 7) is 0.331. The van der Waals surface area contributed by atoms with Gasteiger partial charge in [-0.05, 0) is 36.2 Å². The van der Waals surface area contributed by atoms with Gasteiger partial charge in [0.25, 0.3) is 11.6 Å². The van der Waals surface area contributed by atoms with Crippen LogP contribution in [0.1, 0.15) is 29.2 Å². The van der Waals surface area contributed by atoms with E-state index in [1.54, 1.807) is 12.1 Å². The van der Waals surface area contributed by atoms with E-state index in [1.807, 2.05) is 48.5 Å². The molecular weight excluding hydrogens is 458 g/mol. The van der Waals surface area contributed by atoms with Gasteiger partial charge < -0.3 is 4.74 Å². The Morgan fingerprint density at radius 2 is 1.85 bits per heavy atom. The highest BCUT2D eigenvalue weighted by atomic mass is 35.5. The van der Waals surface area contributed by atoms with Crippen LogP contribution in [0.2, 0.25) is 5.02 Å². The van der Waals surface area contributed by atoms with Crippen molar-refractivity contribution in [1.29, 1.82) is 0 Å². The molecule has 1 aliphatic heterocycles. The van der Waals surface area contributed by atoms with Crippen molar-refractivity contribution in [3.8, 4) is 5.75 Å². The average molecular weight is 480 g/mol. The first-order valence-electron chi connectivity index (χ1n) is 10.5. The molecule has 9 nitrogen and oxygen atoms in total. The van der Waals surface area contributed by atoms with Crippen molar-refractivity contribution >= 4 is 29.4 Å². The van der Waals surface area contributed by atoms with Crippen LogP contribution in [0.15, 0.2) is 77.9 Å². The number of nitro benzene ring substituents is 1. The Morgan fingerprint density at radius 1 is 1.12 bits per heavy atom. The molecule has 2 atom stereocenters. The Hall–Kier alpha value is -3.79. The lowest BCUT2D eigenvalue weighted by Gasteiger charge is -2.16. The van der Waals surface area contributed by atoms with Crippen LogP contribution in [0.5, 0.6) is 5.75 Å². The molecule has 0 spiro atoms. The van der Waals surface area contributed by atoms with E-state index in [2.05, 4.69) is 21.4 Å². The molecule has 0 saturated carbocycles. The Bertz CT molecular complexity index is 1200. The van der Waals surface area contributed by atoms with Crippen molar-refractivity contribution in [2.75, 3.05) is 0 Å². The molecule has 0 bridgehead atoms. The highest BCUT2D eigenvalue weighted by molar-refractivity contribution is 6.31. The molecule has 3 aromatic carbocycles. The van der Waals surface area contributed by atoms with E-state index in [-0.39, 0.29) is 17.6 Å². The lowest BCUT2D eigenvalue weighted by atomic mass is 10.0. The van der Waals surface area contributed by atoms with Gasteiger partial charge in [-0.25, -0.2) is 16.3 Å². The minimum absolute atomic E-state index is 0.00964. The van der Waals surface area contributed by atoms with Gasteiger partial charge in [0, 0.05) is 28.3 Å². The van der Waals surface area contributed by atoms with E-state index in [1.165, 1.54) is 18.3 Å². The predicted octanol–water partition coefficient (Wildman–Crippen LogP) is 3.89. The molecule has 2 unspecified atom stereocenters. The third kappa shape index (κ3) is 5.76. The van der Waals surface area contributed by atoms with E-state index in [0.29, 0.717) is 29.4 Å². The Morgan fingerprint density at radius 3 is 2.62 bits per heavy atom. The average Bonchev–Trinajstić information content (AvgIpc) is 3.34. The summed E-state index contributed by atoms with van der Waals surface area (Å²) in [4.78, 5) is 22.8. The van der Waals surface area contributed by atoms with Gasteiger partial charge in [0.1, 0.15) is 18.4 Å². The van der Waals surface area contributed by atoms with Crippen molar-refractivity contribution in [2.45, 2.75) is 25.1 Å². The molecule has 0 radical (unpaired) electrons. The quantitative estimate of drug-likeness (QED) is 0.256. The summed E-state index contributed by atoms with van der Waals surface area (Å²) < 4.78 is 6.03. The van der Waals surface area contributed by atoms with Gasteiger partial charge >= 0.3 is 0 Å². The van der Waals surface area contributed by atoms with Gasteiger partial charge in [-0.15, -0.1) is 0 Å². The highest BCUT2D eigenvalue weighted by Gasteiger charge is 2.31. The number of nitrogens with one attached hydrogen (secondary N) is 3. The molecular formula is C24H22ClN5O4. The molecule has 34 heavy (non-hydrogen) atoms. The standard InChI is InChI=1S/C24H22ClN5O4/c25-20-7-3-1-5-17(20)15-34-23-8-4-2-6-19(23)21-13-22(28-27-21)24(31)29-26-14-16-9-11-18(12-10-16)30(32)33/h1-12,14,21-22,27-28H,13,15H2,(H,29,31)/b26-14+. The molecule has 1 fully saturated rings. The number of nitro groups is 1. The van der Waals surface area contributed by atoms with Gasteiger partial charge in [0.05, 0.1) is 17.2 Å². The zero-order valence-electron chi connectivity index (χ0n) is 18.0. The number of benzene rings is 3. The minimum atomic E-state index is -0.504. The topological polar surface area (TPSA) is 118 Å². The second-order valence-electron chi connectivity index (χ2n) is 7.63. The minimum Gasteiger partial charge on any atom is -0.489 e. The molecule has 3 aromatic rings. The van der Waals surface area contributed by atoms with Crippen LogP contribution in [0, 0.1) is 10.1 Å². The fourth-order valence-electron chi connectivity index (χ4n) is 3.53. The van der Waals surface area contributed by atoms with Crippen LogP contribution in [-0.4, -0.2) is 23.1 Å². The number of hydrazone groups is 1. The number of hydrazine groups is 1. The normalized spacial score (nSPS) is 17.6. The number of amides is 1. The predicted molar refractivity (Wildman–Crippen MR) is 128 cm³/mol. The number of carbonyl (C=O) groups is 1. The summed E-state index contributed by atoms with van der Waals surface area (Å²) >= 11 is 6.23. The third-order valence-electron chi connectivity index (χ3n) is 5.35. The smallest absolute Gasteiger partial charge is 0.269 e. The Labute approximate surface area is 200 Å². The maximum atomic E-state index is 12.5. The molecule has 1 aliphatic rings. The molecule has 1 saturated heterocycles. The largest absolute Gasteiger partial charge is 0.489 e. The van der Waals surface area contributed by atoms with Gasteiger partial charge in [-0.2, -0.15) is 5.10 Å². The Balaban J connectivity index is 1.33. The van der Waals surface area contributed by atoms with Crippen LogP contribution in [0.3, 0.4) is 0 Å². The zero-order chi connectivity index (χ0) is 23.9. The van der Waals surface area contributed by atoms with Gasteiger partial charge in [-0.3, -0.25) is 14.9 Å². The molecule has 4 rings (SSSR count). The summed E-state index contributed by atoms with van der Waals surface area (Å²) in [5.41, 5.74) is 11.1. The number of nitrogens with zero attached hydrogens (tertiary/aromatic N) is 2. The van der Waals surface area contributed by atoms with E-state index in [9.17, 15) is 14.9 Å². The van der Waals surface area contributed by atoms with Crippen molar-refractivity contribution in [2.24, 2.45) is 5.10 Å². The summed E-state index contributed by atoms with van der Waals surface area (Å²) in [6.07, 6.45) is 1.92. The molecule has 1 heterocycles. The highest BCUT2D eigenvalue weighted by Crippen LogP contribution is 2.31. The zero-order valence-corrected chi connectivity index (χ0v) is 18.7. The van der Waals surface area contributed by atoms with E-state index in [0.717, 1.165) is 11.1 Å². The van der Waals surface area contributed by atoms with Crippen molar-refractivity contribution in [3.63, 3.8) is 0 Å². The number of para-hydroxylation sites is 1. The second kappa shape index (κ2) is 10.9. The monoisotopic (exact) mass is 479 g/mol. The SMILES string of the molecule is O=C(N/N=C/c1ccc([N+](=O)[O-])cc1)C1CC(c2ccccc2OCc2ccccc2Cl)NN1. The summed E-state index contributed by atoms with van der Waals surface area (Å²) in [5.74, 6) is 0.404. The lowest BCUT2D eigenvalue weighted by molar-refractivity contribution is -0.384. The van der Waals surface area contributed by atoms with Crippen LogP contribution < -0.4 is 21.0 Å². The molecule has 10 heteroatoms. The summed E-state index contributed by atoms with van der Waals surface area (Å²) in [6, 6.07) is 20.4. The fraction of sp³-hybridized carbons (Fsp3) is 0.167. The molecule has 0 aromatic heterocycles. The van der Waals surface area contributed by atoms with E-state index < -0.39 is 11.0 Å². The number of hydrogen-bond donors (Lipinski definition) is 3. The molecule has 1 amide bonds. The maximum Gasteiger partial charge on any atom is 0.269 e. The first kappa shape index (κ1) is 23.4. The molecule has 3 N–H and O–H groups in total. The number of ether oxygens (including phenoxy) is 1. The van der Waals surface area contributed by atoms with E-state index in [4.69, 9.17) is 16.3 Å². The maximum absolute atomic E-state index is 12.5. The third-order valence-corrected chi connectivity index (χ3v) is 5.72. The summed E-state index contributed by atoms with van der Waals surface area (Å²) in [7, 11) is 0.